The van der Waals surface area contributed by atoms with Gasteiger partial charge in [-0.1, -0.05) is 0 Å². The molecule has 0 aromatic carbocycles. The number of methoxy groups -OCH3 is 1. The van der Waals surface area contributed by atoms with Crippen LogP contribution < -0.4 is 10.3 Å². The fourth-order valence-corrected chi connectivity index (χ4v) is 1.29. The maximum atomic E-state index is 12.2. The maximum Gasteiger partial charge on any atom is 0.573 e. The lowest BCUT2D eigenvalue weighted by molar-refractivity contribution is -0.275. The van der Waals surface area contributed by atoms with Crippen LogP contribution in [0.25, 0.3) is 0 Å². The number of aromatic nitrogens is 1. The van der Waals surface area contributed by atoms with Crippen molar-refractivity contribution in [3.05, 3.63) is 27.7 Å². The number of hydrogen-bond donors (Lipinski definition) is 1. The smallest absolute Gasteiger partial charge is 0.469 e. The van der Waals surface area contributed by atoms with Gasteiger partial charge in [-0.05, 0) is 6.92 Å². The predicted molar refractivity (Wildman–Crippen MR) is 54.2 cm³/mol. The number of nitrogens with one attached hydrogen (secondary N) is 1. The molecule has 0 atom stereocenters. The van der Waals surface area contributed by atoms with Crippen LogP contribution in [0.5, 0.6) is 5.75 Å². The van der Waals surface area contributed by atoms with Gasteiger partial charge in [0.1, 0.15) is 5.75 Å². The maximum absolute atomic E-state index is 12.2. The number of carbonyl (C=O) groups excluding carboxylic acids is 1. The highest BCUT2D eigenvalue weighted by molar-refractivity contribution is 5.73. The molecule has 1 aromatic heterocycles. The molecule has 0 saturated heterocycles. The lowest BCUT2D eigenvalue weighted by Gasteiger charge is -2.14. The van der Waals surface area contributed by atoms with Crippen LogP contribution in [0.4, 0.5) is 13.2 Å². The molecule has 0 aliphatic heterocycles. The average Bonchev–Trinajstić information content (AvgIpc) is 2.27. The van der Waals surface area contributed by atoms with Crippen molar-refractivity contribution in [1.29, 1.82) is 0 Å². The Morgan fingerprint density at radius 1 is 1.44 bits per heavy atom. The summed E-state index contributed by atoms with van der Waals surface area (Å²) in [6, 6.07) is 0. The van der Waals surface area contributed by atoms with Crippen molar-refractivity contribution in [2.75, 3.05) is 7.11 Å². The SMILES string of the molecule is COC(=O)Cc1c[nH]c(=O)c(C)c1OC(F)(F)F. The van der Waals surface area contributed by atoms with E-state index in [9.17, 15) is 22.8 Å². The summed E-state index contributed by atoms with van der Waals surface area (Å²) in [4.78, 5) is 24.5. The second-order valence-electron chi connectivity index (χ2n) is 3.40. The van der Waals surface area contributed by atoms with Crippen LogP contribution in [0.15, 0.2) is 11.0 Å². The van der Waals surface area contributed by atoms with Crippen LogP contribution in [-0.4, -0.2) is 24.4 Å². The number of pyridine rings is 1. The van der Waals surface area contributed by atoms with E-state index in [2.05, 4.69) is 14.5 Å². The Kier molecular flexibility index (Phi) is 4.00. The zero-order valence-corrected chi connectivity index (χ0v) is 9.55. The van der Waals surface area contributed by atoms with Gasteiger partial charge in [0, 0.05) is 11.8 Å². The fraction of sp³-hybridized carbons (Fsp3) is 0.400. The summed E-state index contributed by atoms with van der Waals surface area (Å²) in [7, 11) is 1.10. The molecule has 0 saturated carbocycles. The minimum Gasteiger partial charge on any atom is -0.469 e. The van der Waals surface area contributed by atoms with Crippen molar-refractivity contribution < 1.29 is 27.4 Å². The molecule has 18 heavy (non-hydrogen) atoms. The van der Waals surface area contributed by atoms with Crippen LogP contribution in [0.1, 0.15) is 11.1 Å². The molecule has 5 nitrogen and oxygen atoms in total. The second kappa shape index (κ2) is 5.11. The molecule has 0 radical (unpaired) electrons. The molecular weight excluding hydrogens is 255 g/mol. The molecule has 0 fully saturated rings. The summed E-state index contributed by atoms with van der Waals surface area (Å²) >= 11 is 0. The quantitative estimate of drug-likeness (QED) is 0.836. The summed E-state index contributed by atoms with van der Waals surface area (Å²) in [6.45, 7) is 1.17. The third kappa shape index (κ3) is 3.51. The Morgan fingerprint density at radius 3 is 2.56 bits per heavy atom. The highest BCUT2D eigenvalue weighted by atomic mass is 19.4. The Morgan fingerprint density at radius 2 is 2.06 bits per heavy atom. The van der Waals surface area contributed by atoms with E-state index in [0.29, 0.717) is 0 Å². The van der Waals surface area contributed by atoms with Crippen molar-refractivity contribution in [3.63, 3.8) is 0 Å². The number of halogens is 3. The Bertz CT molecular complexity index is 507. The van der Waals surface area contributed by atoms with Crippen LogP contribution in [0.3, 0.4) is 0 Å². The predicted octanol–water partition coefficient (Wildman–Crippen LogP) is 1.30. The van der Waals surface area contributed by atoms with E-state index >= 15 is 0 Å². The van der Waals surface area contributed by atoms with Gasteiger partial charge in [0.05, 0.1) is 19.1 Å². The number of hydrogen-bond acceptors (Lipinski definition) is 4. The molecule has 0 amide bonds. The number of H-pyrrole nitrogens is 1. The van der Waals surface area contributed by atoms with Gasteiger partial charge in [-0.2, -0.15) is 0 Å². The Balaban J connectivity index is 3.21. The topological polar surface area (TPSA) is 68.4 Å². The number of alkyl halides is 3. The first-order valence-corrected chi connectivity index (χ1v) is 4.78. The normalized spacial score (nSPS) is 11.2. The van der Waals surface area contributed by atoms with Crippen molar-refractivity contribution in [1.82, 2.24) is 4.98 Å². The van der Waals surface area contributed by atoms with Crippen LogP contribution in [0, 0.1) is 6.92 Å². The molecule has 8 heteroatoms. The summed E-state index contributed by atoms with van der Waals surface area (Å²) in [5.41, 5.74) is -1.08. The number of aromatic amines is 1. The third-order valence-electron chi connectivity index (χ3n) is 2.13. The molecule has 1 N–H and O–H groups in total. The largest absolute Gasteiger partial charge is 0.573 e. The lowest BCUT2D eigenvalue weighted by atomic mass is 10.1. The minimum absolute atomic E-state index is 0.101. The molecule has 0 aliphatic carbocycles. The first-order chi connectivity index (χ1) is 8.24. The van der Waals surface area contributed by atoms with Crippen molar-refractivity contribution in [3.8, 4) is 5.75 Å². The molecule has 0 spiro atoms. The van der Waals surface area contributed by atoms with Gasteiger partial charge < -0.3 is 14.5 Å². The Labute approximate surface area is 99.5 Å². The Hall–Kier alpha value is -1.99. The molecule has 1 rings (SSSR count). The summed E-state index contributed by atoms with van der Waals surface area (Å²) in [5, 5.41) is 0. The van der Waals surface area contributed by atoms with Crippen molar-refractivity contribution in [2.45, 2.75) is 19.7 Å². The van der Waals surface area contributed by atoms with E-state index in [1.54, 1.807) is 0 Å². The van der Waals surface area contributed by atoms with E-state index in [4.69, 9.17) is 0 Å². The van der Waals surface area contributed by atoms with E-state index in [0.717, 1.165) is 13.3 Å². The van der Waals surface area contributed by atoms with Gasteiger partial charge in [-0.25, -0.2) is 0 Å². The fourth-order valence-electron chi connectivity index (χ4n) is 1.29. The monoisotopic (exact) mass is 265 g/mol. The molecular formula is C10H10F3NO4. The molecule has 0 unspecified atom stereocenters. The first-order valence-electron chi connectivity index (χ1n) is 4.78. The average molecular weight is 265 g/mol. The van der Waals surface area contributed by atoms with Gasteiger partial charge in [-0.15, -0.1) is 13.2 Å². The molecule has 1 heterocycles. The van der Waals surface area contributed by atoms with Crippen LogP contribution in [-0.2, 0) is 16.0 Å². The van der Waals surface area contributed by atoms with E-state index in [1.807, 2.05) is 0 Å². The van der Waals surface area contributed by atoms with E-state index in [-0.39, 0.29) is 11.1 Å². The van der Waals surface area contributed by atoms with Crippen LogP contribution >= 0.6 is 0 Å². The lowest BCUT2D eigenvalue weighted by Crippen LogP contribution is -2.23. The van der Waals surface area contributed by atoms with Gasteiger partial charge in [0.2, 0.25) is 0 Å². The standard InChI is InChI=1S/C10H10F3NO4/c1-5-8(18-10(11,12)13)6(3-7(15)17-2)4-14-9(5)16/h4H,3H2,1-2H3,(H,14,16). The molecule has 0 aliphatic rings. The van der Waals surface area contributed by atoms with Gasteiger partial charge in [0.15, 0.2) is 0 Å². The molecule has 0 bridgehead atoms. The third-order valence-corrected chi connectivity index (χ3v) is 2.13. The van der Waals surface area contributed by atoms with Gasteiger partial charge in [-0.3, -0.25) is 9.59 Å². The zero-order valence-electron chi connectivity index (χ0n) is 9.55. The number of rotatable bonds is 3. The van der Waals surface area contributed by atoms with Crippen molar-refractivity contribution >= 4 is 5.97 Å². The minimum atomic E-state index is -4.94. The van der Waals surface area contributed by atoms with Gasteiger partial charge >= 0.3 is 12.3 Å². The van der Waals surface area contributed by atoms with E-state index < -0.39 is 30.1 Å². The highest BCUT2D eigenvalue weighted by Gasteiger charge is 2.33. The van der Waals surface area contributed by atoms with E-state index in [1.165, 1.54) is 6.92 Å². The number of esters is 1. The molecule has 100 valence electrons. The summed E-state index contributed by atoms with van der Waals surface area (Å²) < 4.78 is 44.7. The van der Waals surface area contributed by atoms with Crippen LogP contribution in [0.2, 0.25) is 0 Å². The number of ether oxygens (including phenoxy) is 2. The summed E-state index contributed by atoms with van der Waals surface area (Å²) in [6.07, 6.45) is -4.38. The molecule has 1 aromatic rings. The second-order valence-corrected chi connectivity index (χ2v) is 3.40. The van der Waals surface area contributed by atoms with Crippen molar-refractivity contribution in [2.24, 2.45) is 0 Å². The first kappa shape index (κ1) is 14.1. The summed E-state index contributed by atoms with van der Waals surface area (Å²) in [5.74, 6) is -1.41. The highest BCUT2D eigenvalue weighted by Crippen LogP contribution is 2.28. The van der Waals surface area contributed by atoms with Gasteiger partial charge in [0.25, 0.3) is 5.56 Å². The zero-order chi connectivity index (χ0) is 13.9. The number of carbonyl (C=O) groups is 1.